The molecule has 10 heteroatoms. The number of benzene rings is 1. The molecule has 0 fully saturated rings. The smallest absolute Gasteiger partial charge is 0.471 e. The molecule has 1 aromatic rings. The minimum absolute atomic E-state index is 0.279. The summed E-state index contributed by atoms with van der Waals surface area (Å²) >= 11 is 0. The topological polar surface area (TPSA) is 66.4 Å². The number of nitrogens with one attached hydrogen (secondary N) is 1. The van der Waals surface area contributed by atoms with Crippen molar-refractivity contribution in [2.24, 2.45) is 0 Å². The van der Waals surface area contributed by atoms with Gasteiger partial charge in [-0.15, -0.1) is 0 Å². The van der Waals surface area contributed by atoms with Gasteiger partial charge in [0, 0.05) is 5.69 Å². The fourth-order valence-corrected chi connectivity index (χ4v) is 1.46. The van der Waals surface area contributed by atoms with Crippen LogP contribution in [-0.2, 0) is 11.0 Å². The minimum atomic E-state index is -5.32. The van der Waals surface area contributed by atoms with E-state index < -0.39 is 46.6 Å². The molecule has 0 saturated carbocycles. The number of anilines is 1. The standard InChI is InChI=1S/C11H7F6NO3/c1-4-6(10(12,13)14)2-5(8(19)20)3-7(4)18-9(21)11(15,16)17/h2-3H,1H3,(H,18,21)(H,19,20). The zero-order valence-electron chi connectivity index (χ0n) is 10.2. The maximum absolute atomic E-state index is 12.7. The molecule has 0 atom stereocenters. The van der Waals surface area contributed by atoms with Gasteiger partial charge in [-0.05, 0) is 24.6 Å². The Hall–Kier alpha value is -2.26. The van der Waals surface area contributed by atoms with Crippen LogP contribution in [0.5, 0.6) is 0 Å². The van der Waals surface area contributed by atoms with Gasteiger partial charge < -0.3 is 10.4 Å². The third-order valence-corrected chi connectivity index (χ3v) is 2.47. The number of aromatic carboxylic acids is 1. The van der Waals surface area contributed by atoms with Crippen molar-refractivity contribution in [2.75, 3.05) is 5.32 Å². The van der Waals surface area contributed by atoms with Gasteiger partial charge >= 0.3 is 24.2 Å². The molecule has 0 radical (unpaired) electrons. The van der Waals surface area contributed by atoms with Gasteiger partial charge in [-0.1, -0.05) is 0 Å². The lowest BCUT2D eigenvalue weighted by Gasteiger charge is -2.16. The average Bonchev–Trinajstić information content (AvgIpc) is 2.28. The Morgan fingerprint density at radius 1 is 1.10 bits per heavy atom. The van der Waals surface area contributed by atoms with E-state index in [9.17, 15) is 35.9 Å². The average molecular weight is 315 g/mol. The van der Waals surface area contributed by atoms with Crippen molar-refractivity contribution >= 4 is 17.6 Å². The zero-order chi connectivity index (χ0) is 16.6. The fraction of sp³-hybridized carbons (Fsp3) is 0.273. The van der Waals surface area contributed by atoms with E-state index in [1.165, 1.54) is 5.32 Å². The van der Waals surface area contributed by atoms with E-state index >= 15 is 0 Å². The molecular weight excluding hydrogens is 308 g/mol. The molecule has 0 aliphatic carbocycles. The molecule has 0 aromatic heterocycles. The summed E-state index contributed by atoms with van der Waals surface area (Å²) in [6.07, 6.45) is -10.3. The van der Waals surface area contributed by atoms with E-state index in [4.69, 9.17) is 5.11 Å². The molecule has 1 amide bonds. The molecule has 4 nitrogen and oxygen atoms in total. The second-order valence-corrected chi connectivity index (χ2v) is 3.95. The van der Waals surface area contributed by atoms with E-state index in [1.54, 1.807) is 0 Å². The molecule has 2 N–H and O–H groups in total. The van der Waals surface area contributed by atoms with Crippen molar-refractivity contribution < 1.29 is 41.0 Å². The van der Waals surface area contributed by atoms with Crippen molar-refractivity contribution in [3.8, 4) is 0 Å². The summed E-state index contributed by atoms with van der Waals surface area (Å²) in [4.78, 5) is 21.5. The molecular formula is C11H7F6NO3. The summed E-state index contributed by atoms with van der Waals surface area (Å²) in [6.45, 7) is 0.820. The summed E-state index contributed by atoms with van der Waals surface area (Å²) in [5.74, 6) is -4.27. The summed E-state index contributed by atoms with van der Waals surface area (Å²) in [5.41, 5.74) is -3.93. The van der Waals surface area contributed by atoms with Gasteiger partial charge in [0.1, 0.15) is 0 Å². The Morgan fingerprint density at radius 2 is 1.62 bits per heavy atom. The number of carbonyl (C=O) groups is 2. The van der Waals surface area contributed by atoms with Crippen LogP contribution < -0.4 is 5.32 Å². The normalized spacial score (nSPS) is 12.1. The maximum atomic E-state index is 12.7. The molecule has 0 spiro atoms. The minimum Gasteiger partial charge on any atom is -0.478 e. The first-order valence-corrected chi connectivity index (χ1v) is 5.17. The van der Waals surface area contributed by atoms with Crippen molar-refractivity contribution in [1.29, 1.82) is 0 Å². The molecule has 1 rings (SSSR count). The first-order valence-electron chi connectivity index (χ1n) is 5.17. The zero-order valence-corrected chi connectivity index (χ0v) is 10.2. The van der Waals surface area contributed by atoms with E-state index in [2.05, 4.69) is 0 Å². The first-order chi connectivity index (χ1) is 9.34. The molecule has 1 aromatic carbocycles. The lowest BCUT2D eigenvalue weighted by molar-refractivity contribution is -0.167. The summed E-state index contributed by atoms with van der Waals surface area (Å²) in [6, 6.07) is 0.803. The number of alkyl halides is 6. The summed E-state index contributed by atoms with van der Waals surface area (Å²) in [5, 5.41) is 9.91. The van der Waals surface area contributed by atoms with Crippen LogP contribution in [0.2, 0.25) is 0 Å². The molecule has 0 aliphatic heterocycles. The monoisotopic (exact) mass is 315 g/mol. The maximum Gasteiger partial charge on any atom is 0.471 e. The second-order valence-electron chi connectivity index (χ2n) is 3.95. The Bertz CT molecular complexity index is 591. The van der Waals surface area contributed by atoms with Gasteiger partial charge in [-0.2, -0.15) is 26.3 Å². The van der Waals surface area contributed by atoms with Crippen molar-refractivity contribution in [3.05, 3.63) is 28.8 Å². The van der Waals surface area contributed by atoms with Gasteiger partial charge in [0.15, 0.2) is 0 Å². The van der Waals surface area contributed by atoms with E-state index in [-0.39, 0.29) is 6.07 Å². The molecule has 116 valence electrons. The number of carbonyl (C=O) groups excluding carboxylic acids is 1. The largest absolute Gasteiger partial charge is 0.478 e. The third-order valence-electron chi connectivity index (χ3n) is 2.47. The van der Waals surface area contributed by atoms with Crippen LogP contribution >= 0.6 is 0 Å². The lowest BCUT2D eigenvalue weighted by atomic mass is 10.0. The molecule has 0 aliphatic rings. The van der Waals surface area contributed by atoms with Crippen LogP contribution in [0.15, 0.2) is 12.1 Å². The molecule has 0 saturated heterocycles. The summed E-state index contributed by atoms with van der Waals surface area (Å²) in [7, 11) is 0. The molecule has 0 bridgehead atoms. The third kappa shape index (κ3) is 3.86. The van der Waals surface area contributed by atoms with Crippen molar-refractivity contribution in [2.45, 2.75) is 19.3 Å². The highest BCUT2D eigenvalue weighted by Crippen LogP contribution is 2.36. The Kier molecular flexibility index (Phi) is 4.21. The van der Waals surface area contributed by atoms with Gasteiger partial charge in [0.05, 0.1) is 11.1 Å². The highest BCUT2D eigenvalue weighted by molar-refractivity contribution is 5.97. The number of hydrogen-bond acceptors (Lipinski definition) is 2. The quantitative estimate of drug-likeness (QED) is 0.824. The lowest BCUT2D eigenvalue weighted by Crippen LogP contribution is -2.30. The van der Waals surface area contributed by atoms with Crippen LogP contribution in [0.3, 0.4) is 0 Å². The van der Waals surface area contributed by atoms with Crippen LogP contribution in [0, 0.1) is 6.92 Å². The second kappa shape index (κ2) is 5.26. The number of carboxylic acids is 1. The predicted octanol–water partition coefficient (Wildman–Crippen LogP) is 3.21. The molecule has 21 heavy (non-hydrogen) atoms. The Labute approximate surface area is 113 Å². The van der Waals surface area contributed by atoms with Gasteiger partial charge in [0.25, 0.3) is 0 Å². The van der Waals surface area contributed by atoms with E-state index in [1.807, 2.05) is 0 Å². The number of halogens is 6. The molecule has 0 heterocycles. The Morgan fingerprint density at radius 3 is 2.00 bits per heavy atom. The van der Waals surface area contributed by atoms with Crippen LogP contribution in [0.25, 0.3) is 0 Å². The van der Waals surface area contributed by atoms with E-state index in [0.717, 1.165) is 6.92 Å². The van der Waals surface area contributed by atoms with Crippen molar-refractivity contribution in [1.82, 2.24) is 0 Å². The highest BCUT2D eigenvalue weighted by atomic mass is 19.4. The number of amides is 1. The fourth-order valence-electron chi connectivity index (χ4n) is 1.46. The number of rotatable bonds is 2. The highest BCUT2D eigenvalue weighted by Gasteiger charge is 2.40. The van der Waals surface area contributed by atoms with Gasteiger partial charge in [-0.3, -0.25) is 4.79 Å². The first kappa shape index (κ1) is 16.8. The van der Waals surface area contributed by atoms with Crippen molar-refractivity contribution in [3.63, 3.8) is 0 Å². The Balaban J connectivity index is 3.41. The SMILES string of the molecule is Cc1c(NC(=O)C(F)(F)F)cc(C(=O)O)cc1C(F)(F)F. The molecule has 0 unspecified atom stereocenters. The van der Waals surface area contributed by atoms with Crippen LogP contribution in [0.4, 0.5) is 32.0 Å². The van der Waals surface area contributed by atoms with Crippen LogP contribution in [-0.4, -0.2) is 23.2 Å². The van der Waals surface area contributed by atoms with Crippen LogP contribution in [0.1, 0.15) is 21.5 Å². The number of hydrogen-bond donors (Lipinski definition) is 2. The predicted molar refractivity (Wildman–Crippen MR) is 57.8 cm³/mol. The number of carboxylic acid groups (broad SMARTS) is 1. The van der Waals surface area contributed by atoms with Gasteiger partial charge in [-0.25, -0.2) is 4.79 Å². The van der Waals surface area contributed by atoms with E-state index in [0.29, 0.717) is 6.07 Å². The summed E-state index contributed by atoms with van der Waals surface area (Å²) < 4.78 is 74.5. The van der Waals surface area contributed by atoms with Gasteiger partial charge in [0.2, 0.25) is 0 Å².